The van der Waals surface area contributed by atoms with Crippen LogP contribution in [-0.2, 0) is 9.47 Å². The Bertz CT molecular complexity index is 237. The predicted octanol–water partition coefficient (Wildman–Crippen LogP) is 1.12. The number of thiophene rings is 1. The molecule has 3 nitrogen and oxygen atoms in total. The fraction of sp³-hybridized carbons (Fsp3) is 0.500. The number of nitrogens with two attached hydrogens (primary N) is 1. The highest BCUT2D eigenvalue weighted by Gasteiger charge is 2.26. The van der Waals surface area contributed by atoms with Crippen LogP contribution in [-0.4, -0.2) is 19.3 Å². The third kappa shape index (κ3) is 1.51. The lowest BCUT2D eigenvalue weighted by atomic mass is 10.4. The lowest BCUT2D eigenvalue weighted by Crippen LogP contribution is -2.21. The first kappa shape index (κ1) is 8.19. The van der Waals surface area contributed by atoms with Crippen molar-refractivity contribution in [1.29, 1.82) is 0 Å². The first-order chi connectivity index (χ1) is 5.90. The summed E-state index contributed by atoms with van der Waals surface area (Å²) in [6.07, 6.45) is -0.115. The van der Waals surface area contributed by atoms with Crippen LogP contribution in [0.2, 0.25) is 0 Å². The summed E-state index contributed by atoms with van der Waals surface area (Å²) in [4.78, 5) is 1.12. The zero-order valence-corrected chi connectivity index (χ0v) is 7.42. The Kier molecular flexibility index (Phi) is 2.41. The maximum Gasteiger partial charge on any atom is 0.193 e. The van der Waals surface area contributed by atoms with Gasteiger partial charge in [-0.1, -0.05) is 6.07 Å². The van der Waals surface area contributed by atoms with Crippen LogP contribution in [0.4, 0.5) is 0 Å². The van der Waals surface area contributed by atoms with Gasteiger partial charge in [-0.15, -0.1) is 11.3 Å². The Morgan fingerprint density at radius 2 is 2.58 bits per heavy atom. The monoisotopic (exact) mass is 185 g/mol. The molecule has 66 valence electrons. The van der Waals surface area contributed by atoms with Crippen LogP contribution in [0.25, 0.3) is 0 Å². The average Bonchev–Trinajstić information content (AvgIpc) is 2.75. The minimum absolute atomic E-state index is 0.0668. The molecule has 12 heavy (non-hydrogen) atoms. The summed E-state index contributed by atoms with van der Waals surface area (Å²) in [6.45, 7) is 1.14. The summed E-state index contributed by atoms with van der Waals surface area (Å²) >= 11 is 1.64. The normalized spacial score (nSPS) is 29.4. The molecule has 0 bridgehead atoms. The number of hydrogen-bond donors (Lipinski definition) is 1. The number of rotatable bonds is 2. The molecule has 2 heterocycles. The average molecular weight is 185 g/mol. The molecular formula is C8H11NO2S. The summed E-state index contributed by atoms with van der Waals surface area (Å²) in [5.41, 5.74) is 5.45. The highest BCUT2D eigenvalue weighted by molar-refractivity contribution is 7.10. The van der Waals surface area contributed by atoms with Crippen molar-refractivity contribution in [2.45, 2.75) is 12.4 Å². The summed E-state index contributed by atoms with van der Waals surface area (Å²) in [5.74, 6) is 0. The van der Waals surface area contributed by atoms with Crippen molar-refractivity contribution in [2.24, 2.45) is 5.73 Å². The molecule has 0 radical (unpaired) electrons. The smallest absolute Gasteiger partial charge is 0.193 e. The van der Waals surface area contributed by atoms with Gasteiger partial charge in [0.05, 0.1) is 17.6 Å². The molecule has 0 amide bonds. The lowest BCUT2D eigenvalue weighted by molar-refractivity contribution is -0.0559. The second-order valence-electron chi connectivity index (χ2n) is 2.67. The quantitative estimate of drug-likeness (QED) is 0.751. The van der Waals surface area contributed by atoms with Crippen molar-refractivity contribution in [3.8, 4) is 0 Å². The minimum atomic E-state index is -0.182. The van der Waals surface area contributed by atoms with Gasteiger partial charge in [0, 0.05) is 6.54 Å². The number of ether oxygens (including phenoxy) is 2. The Morgan fingerprint density at radius 1 is 1.67 bits per heavy atom. The molecule has 0 aliphatic carbocycles. The molecule has 1 aromatic heterocycles. The molecule has 4 heteroatoms. The van der Waals surface area contributed by atoms with E-state index in [4.69, 9.17) is 15.2 Å². The van der Waals surface area contributed by atoms with Crippen LogP contribution >= 0.6 is 11.3 Å². The fourth-order valence-corrected chi connectivity index (χ4v) is 1.85. The molecule has 0 saturated carbocycles. The SMILES string of the molecule is NCC1COC(c2cccs2)O1. The second-order valence-corrected chi connectivity index (χ2v) is 3.65. The van der Waals surface area contributed by atoms with E-state index in [0.29, 0.717) is 13.2 Å². The van der Waals surface area contributed by atoms with Crippen LogP contribution in [0.3, 0.4) is 0 Å². The van der Waals surface area contributed by atoms with Crippen molar-refractivity contribution in [3.63, 3.8) is 0 Å². The van der Waals surface area contributed by atoms with Gasteiger partial charge in [0.1, 0.15) is 0 Å². The molecule has 2 rings (SSSR count). The zero-order chi connectivity index (χ0) is 8.39. The highest BCUT2D eigenvalue weighted by Crippen LogP contribution is 2.29. The molecule has 2 unspecified atom stereocenters. The maximum absolute atomic E-state index is 5.52. The van der Waals surface area contributed by atoms with Crippen LogP contribution in [0.5, 0.6) is 0 Å². The van der Waals surface area contributed by atoms with Gasteiger partial charge in [-0.25, -0.2) is 0 Å². The van der Waals surface area contributed by atoms with E-state index in [-0.39, 0.29) is 12.4 Å². The van der Waals surface area contributed by atoms with Crippen molar-refractivity contribution < 1.29 is 9.47 Å². The van der Waals surface area contributed by atoms with Crippen molar-refractivity contribution >= 4 is 11.3 Å². The van der Waals surface area contributed by atoms with Crippen LogP contribution in [0.1, 0.15) is 11.2 Å². The summed E-state index contributed by atoms with van der Waals surface area (Å²) in [6, 6.07) is 4.00. The molecular weight excluding hydrogens is 174 g/mol. The van der Waals surface area contributed by atoms with Gasteiger partial charge < -0.3 is 15.2 Å². The van der Waals surface area contributed by atoms with Gasteiger partial charge in [0.2, 0.25) is 0 Å². The Balaban J connectivity index is 2.00. The van der Waals surface area contributed by atoms with E-state index < -0.39 is 0 Å². The fourth-order valence-electron chi connectivity index (χ4n) is 1.15. The molecule has 1 aliphatic rings. The van der Waals surface area contributed by atoms with Gasteiger partial charge in [0.15, 0.2) is 6.29 Å². The Morgan fingerprint density at radius 3 is 3.17 bits per heavy atom. The van der Waals surface area contributed by atoms with Crippen LogP contribution in [0.15, 0.2) is 17.5 Å². The van der Waals surface area contributed by atoms with Gasteiger partial charge in [-0.3, -0.25) is 0 Å². The third-order valence-corrected chi connectivity index (χ3v) is 2.68. The first-order valence-electron chi connectivity index (χ1n) is 3.90. The lowest BCUT2D eigenvalue weighted by Gasteiger charge is -2.07. The van der Waals surface area contributed by atoms with E-state index in [2.05, 4.69) is 0 Å². The zero-order valence-electron chi connectivity index (χ0n) is 6.60. The third-order valence-electron chi connectivity index (χ3n) is 1.79. The predicted molar refractivity (Wildman–Crippen MR) is 46.9 cm³/mol. The van der Waals surface area contributed by atoms with Gasteiger partial charge in [-0.05, 0) is 11.4 Å². The van der Waals surface area contributed by atoms with E-state index in [9.17, 15) is 0 Å². The minimum Gasteiger partial charge on any atom is -0.345 e. The summed E-state index contributed by atoms with van der Waals surface area (Å²) in [5, 5.41) is 2.01. The standard InChI is InChI=1S/C8H11NO2S/c9-4-6-5-10-8(11-6)7-2-1-3-12-7/h1-3,6,8H,4-5,9H2. The molecule has 1 aliphatic heterocycles. The second kappa shape index (κ2) is 3.53. The van der Waals surface area contributed by atoms with Gasteiger partial charge in [-0.2, -0.15) is 0 Å². The van der Waals surface area contributed by atoms with E-state index in [0.717, 1.165) is 4.88 Å². The van der Waals surface area contributed by atoms with E-state index in [1.807, 2.05) is 17.5 Å². The Hall–Kier alpha value is -0.420. The van der Waals surface area contributed by atoms with Crippen LogP contribution in [0, 0.1) is 0 Å². The molecule has 0 aromatic carbocycles. The van der Waals surface area contributed by atoms with Gasteiger partial charge >= 0.3 is 0 Å². The maximum atomic E-state index is 5.52. The van der Waals surface area contributed by atoms with E-state index >= 15 is 0 Å². The molecule has 1 fully saturated rings. The first-order valence-corrected chi connectivity index (χ1v) is 4.78. The largest absolute Gasteiger partial charge is 0.345 e. The number of hydrogen-bond acceptors (Lipinski definition) is 4. The van der Waals surface area contributed by atoms with Crippen LogP contribution < -0.4 is 5.73 Å². The highest BCUT2D eigenvalue weighted by atomic mass is 32.1. The van der Waals surface area contributed by atoms with Crippen molar-refractivity contribution in [2.75, 3.05) is 13.2 Å². The van der Waals surface area contributed by atoms with E-state index in [1.54, 1.807) is 11.3 Å². The molecule has 0 spiro atoms. The van der Waals surface area contributed by atoms with Crippen molar-refractivity contribution in [3.05, 3.63) is 22.4 Å². The van der Waals surface area contributed by atoms with Gasteiger partial charge in [0.25, 0.3) is 0 Å². The molecule has 1 saturated heterocycles. The summed E-state index contributed by atoms with van der Waals surface area (Å²) in [7, 11) is 0. The Labute approximate surface area is 75.1 Å². The molecule has 2 atom stereocenters. The molecule has 2 N–H and O–H groups in total. The summed E-state index contributed by atoms with van der Waals surface area (Å²) < 4.78 is 10.9. The van der Waals surface area contributed by atoms with E-state index in [1.165, 1.54) is 0 Å². The molecule has 1 aromatic rings. The van der Waals surface area contributed by atoms with Crippen molar-refractivity contribution in [1.82, 2.24) is 0 Å². The topological polar surface area (TPSA) is 44.5 Å².